The average molecular weight is 253 g/mol. The predicted octanol–water partition coefficient (Wildman–Crippen LogP) is 0.471. The van der Waals surface area contributed by atoms with Gasteiger partial charge in [0, 0.05) is 12.0 Å². The van der Waals surface area contributed by atoms with Crippen molar-refractivity contribution in [3.8, 4) is 11.5 Å². The molecule has 1 unspecified atom stereocenters. The van der Waals surface area contributed by atoms with Gasteiger partial charge in [-0.3, -0.25) is 9.59 Å². The number of carbonyl (C=O) groups is 2. The molecule has 0 bridgehead atoms. The van der Waals surface area contributed by atoms with Crippen LogP contribution in [-0.2, 0) is 11.2 Å². The van der Waals surface area contributed by atoms with E-state index in [1.165, 1.54) is 20.3 Å². The molecule has 3 N–H and O–H groups in total. The standard InChI is InChI=1S/C12H15NO5/c1-17-10-7(5-9(13)12(15)16)3-4-8(6-14)11(10)18-2/h3-4,6,9H,5,13H2,1-2H3,(H,15,16). The van der Waals surface area contributed by atoms with Gasteiger partial charge in [0.1, 0.15) is 6.04 Å². The van der Waals surface area contributed by atoms with Crippen molar-refractivity contribution in [1.82, 2.24) is 0 Å². The number of hydrogen-bond acceptors (Lipinski definition) is 5. The molecule has 0 aliphatic heterocycles. The van der Waals surface area contributed by atoms with Crippen molar-refractivity contribution in [3.05, 3.63) is 23.3 Å². The lowest BCUT2D eigenvalue weighted by atomic mass is 10.0. The minimum absolute atomic E-state index is 0.0913. The van der Waals surface area contributed by atoms with Crippen molar-refractivity contribution in [2.75, 3.05) is 14.2 Å². The van der Waals surface area contributed by atoms with Gasteiger partial charge in [0.05, 0.1) is 19.8 Å². The van der Waals surface area contributed by atoms with Gasteiger partial charge in [-0.2, -0.15) is 0 Å². The molecule has 0 heterocycles. The maximum atomic E-state index is 10.8. The number of benzene rings is 1. The summed E-state index contributed by atoms with van der Waals surface area (Å²) in [5.41, 5.74) is 6.38. The molecule has 1 aromatic carbocycles. The minimum atomic E-state index is -1.10. The minimum Gasteiger partial charge on any atom is -0.493 e. The Kier molecular flexibility index (Phi) is 4.67. The molecule has 6 nitrogen and oxygen atoms in total. The summed E-state index contributed by atoms with van der Waals surface area (Å²) >= 11 is 0. The second-order valence-electron chi connectivity index (χ2n) is 3.65. The van der Waals surface area contributed by atoms with E-state index in [4.69, 9.17) is 20.3 Å². The lowest BCUT2D eigenvalue weighted by Gasteiger charge is -2.15. The van der Waals surface area contributed by atoms with Crippen molar-refractivity contribution >= 4 is 12.3 Å². The third kappa shape index (κ3) is 2.78. The van der Waals surface area contributed by atoms with Crippen LogP contribution in [-0.4, -0.2) is 37.6 Å². The zero-order valence-electron chi connectivity index (χ0n) is 10.2. The number of rotatable bonds is 6. The van der Waals surface area contributed by atoms with Crippen molar-refractivity contribution in [3.63, 3.8) is 0 Å². The first-order chi connectivity index (χ1) is 8.54. The van der Waals surface area contributed by atoms with Gasteiger partial charge >= 0.3 is 5.97 Å². The summed E-state index contributed by atoms with van der Waals surface area (Å²) in [6, 6.07) is 2.11. The predicted molar refractivity (Wildman–Crippen MR) is 64.2 cm³/mol. The highest BCUT2D eigenvalue weighted by atomic mass is 16.5. The van der Waals surface area contributed by atoms with Gasteiger partial charge in [0.25, 0.3) is 0 Å². The molecule has 0 fully saturated rings. The van der Waals surface area contributed by atoms with Gasteiger partial charge in [-0.15, -0.1) is 0 Å². The molecule has 0 aromatic heterocycles. The number of aliphatic carboxylic acids is 1. The summed E-state index contributed by atoms with van der Waals surface area (Å²) in [5.74, 6) is -0.489. The van der Waals surface area contributed by atoms with E-state index in [1.807, 2.05) is 0 Å². The van der Waals surface area contributed by atoms with Crippen LogP contribution in [0.2, 0.25) is 0 Å². The molecular weight excluding hydrogens is 238 g/mol. The molecule has 0 amide bonds. The van der Waals surface area contributed by atoms with E-state index in [1.54, 1.807) is 6.07 Å². The Bertz CT molecular complexity index is 458. The van der Waals surface area contributed by atoms with Gasteiger partial charge in [-0.05, 0) is 6.07 Å². The fourth-order valence-electron chi connectivity index (χ4n) is 1.63. The third-order valence-corrected chi connectivity index (χ3v) is 2.52. The number of carboxylic acid groups (broad SMARTS) is 1. The van der Waals surface area contributed by atoms with Crippen molar-refractivity contribution in [2.45, 2.75) is 12.5 Å². The molecule has 0 aliphatic carbocycles. The van der Waals surface area contributed by atoms with Crippen LogP contribution < -0.4 is 15.2 Å². The van der Waals surface area contributed by atoms with E-state index < -0.39 is 12.0 Å². The van der Waals surface area contributed by atoms with Crippen LogP contribution >= 0.6 is 0 Å². The lowest BCUT2D eigenvalue weighted by molar-refractivity contribution is -0.138. The number of aldehydes is 1. The van der Waals surface area contributed by atoms with Crippen LogP contribution in [0, 0.1) is 0 Å². The van der Waals surface area contributed by atoms with Crippen LogP contribution in [0.5, 0.6) is 11.5 Å². The Morgan fingerprint density at radius 2 is 2.00 bits per heavy atom. The van der Waals surface area contributed by atoms with Gasteiger partial charge < -0.3 is 20.3 Å². The fraction of sp³-hybridized carbons (Fsp3) is 0.333. The number of nitrogens with two attached hydrogens (primary N) is 1. The van der Waals surface area contributed by atoms with E-state index in [9.17, 15) is 9.59 Å². The third-order valence-electron chi connectivity index (χ3n) is 2.52. The smallest absolute Gasteiger partial charge is 0.320 e. The number of carboxylic acids is 1. The Hall–Kier alpha value is -2.08. The van der Waals surface area contributed by atoms with Crippen LogP contribution in [0.1, 0.15) is 15.9 Å². The molecule has 98 valence electrons. The first-order valence-electron chi connectivity index (χ1n) is 5.22. The number of methoxy groups -OCH3 is 2. The monoisotopic (exact) mass is 253 g/mol. The number of carbonyl (C=O) groups excluding carboxylic acids is 1. The Morgan fingerprint density at radius 1 is 1.39 bits per heavy atom. The Balaban J connectivity index is 3.20. The largest absolute Gasteiger partial charge is 0.493 e. The van der Waals surface area contributed by atoms with E-state index in [-0.39, 0.29) is 12.2 Å². The van der Waals surface area contributed by atoms with Crippen LogP contribution in [0.4, 0.5) is 0 Å². The fourth-order valence-corrected chi connectivity index (χ4v) is 1.63. The quantitative estimate of drug-likeness (QED) is 0.715. The molecule has 18 heavy (non-hydrogen) atoms. The number of hydrogen-bond donors (Lipinski definition) is 2. The molecular formula is C12H15NO5. The first kappa shape index (κ1) is 14.0. The lowest BCUT2D eigenvalue weighted by Crippen LogP contribution is -2.32. The highest BCUT2D eigenvalue weighted by Gasteiger charge is 2.19. The Labute approximate surface area is 104 Å². The zero-order chi connectivity index (χ0) is 13.7. The normalized spacial score (nSPS) is 11.7. The highest BCUT2D eigenvalue weighted by molar-refractivity contribution is 5.82. The van der Waals surface area contributed by atoms with Crippen LogP contribution in [0.25, 0.3) is 0 Å². The molecule has 0 radical (unpaired) electrons. The van der Waals surface area contributed by atoms with E-state index in [2.05, 4.69) is 0 Å². The summed E-state index contributed by atoms with van der Waals surface area (Å²) in [6.07, 6.45) is 0.732. The SMILES string of the molecule is COc1c(C=O)ccc(CC(N)C(=O)O)c1OC. The molecule has 1 aromatic rings. The topological polar surface area (TPSA) is 98.9 Å². The Morgan fingerprint density at radius 3 is 2.44 bits per heavy atom. The van der Waals surface area contributed by atoms with Gasteiger partial charge in [0.2, 0.25) is 0 Å². The first-order valence-corrected chi connectivity index (χ1v) is 5.22. The summed E-state index contributed by atoms with van der Waals surface area (Å²) in [6.45, 7) is 0. The van der Waals surface area contributed by atoms with Gasteiger partial charge in [-0.1, -0.05) is 6.07 Å². The summed E-state index contributed by atoms with van der Waals surface area (Å²) in [7, 11) is 2.83. The zero-order valence-corrected chi connectivity index (χ0v) is 10.2. The summed E-state index contributed by atoms with van der Waals surface area (Å²) in [5, 5.41) is 8.78. The second kappa shape index (κ2) is 6.02. The number of ether oxygens (including phenoxy) is 2. The maximum Gasteiger partial charge on any atom is 0.320 e. The highest BCUT2D eigenvalue weighted by Crippen LogP contribution is 2.34. The van der Waals surface area contributed by atoms with Gasteiger partial charge in [-0.25, -0.2) is 0 Å². The molecule has 6 heteroatoms. The average Bonchev–Trinajstić information content (AvgIpc) is 2.37. The summed E-state index contributed by atoms with van der Waals surface area (Å²) < 4.78 is 10.3. The van der Waals surface area contributed by atoms with E-state index >= 15 is 0 Å². The van der Waals surface area contributed by atoms with E-state index in [0.717, 1.165) is 0 Å². The molecule has 0 saturated carbocycles. The maximum absolute atomic E-state index is 10.8. The second-order valence-corrected chi connectivity index (χ2v) is 3.65. The molecule has 0 saturated heterocycles. The summed E-state index contributed by atoms with van der Waals surface area (Å²) in [4.78, 5) is 21.6. The molecule has 1 rings (SSSR count). The van der Waals surface area contributed by atoms with Crippen LogP contribution in [0.15, 0.2) is 12.1 Å². The molecule has 0 spiro atoms. The van der Waals surface area contributed by atoms with Crippen molar-refractivity contribution < 1.29 is 24.2 Å². The molecule has 1 atom stereocenters. The van der Waals surface area contributed by atoms with E-state index in [0.29, 0.717) is 23.2 Å². The van der Waals surface area contributed by atoms with Crippen molar-refractivity contribution in [2.24, 2.45) is 5.73 Å². The molecule has 0 aliphatic rings. The van der Waals surface area contributed by atoms with Gasteiger partial charge in [0.15, 0.2) is 17.8 Å². The van der Waals surface area contributed by atoms with Crippen LogP contribution in [0.3, 0.4) is 0 Å². The van der Waals surface area contributed by atoms with Crippen molar-refractivity contribution in [1.29, 1.82) is 0 Å².